The molecule has 8 heteroatoms. The summed E-state index contributed by atoms with van der Waals surface area (Å²) in [6.07, 6.45) is 1.38. The number of thiophene rings is 2. The molecule has 0 aliphatic heterocycles. The number of rotatable bonds is 4. The van der Waals surface area contributed by atoms with Crippen molar-refractivity contribution in [2.75, 3.05) is 0 Å². The normalized spacial score (nSPS) is 10.7. The van der Waals surface area contributed by atoms with Gasteiger partial charge in [-0.25, -0.2) is 5.43 Å². The van der Waals surface area contributed by atoms with E-state index in [0.29, 0.717) is 9.75 Å². The van der Waals surface area contributed by atoms with E-state index in [2.05, 4.69) is 10.5 Å². The van der Waals surface area contributed by atoms with Gasteiger partial charge < -0.3 is 0 Å². The SMILES string of the molecule is O=C(NN=Cc1ccc([N+](=O)[O-])s1)c1cccs1. The smallest absolute Gasteiger partial charge is 0.266 e. The average molecular weight is 281 g/mol. The Balaban J connectivity index is 1.95. The van der Waals surface area contributed by atoms with Crippen molar-refractivity contribution in [3.63, 3.8) is 0 Å². The molecular formula is C10H7N3O3S2. The van der Waals surface area contributed by atoms with Gasteiger partial charge in [-0.3, -0.25) is 14.9 Å². The number of hydrogen-bond acceptors (Lipinski definition) is 6. The first-order valence-electron chi connectivity index (χ1n) is 4.78. The molecule has 0 aromatic carbocycles. The van der Waals surface area contributed by atoms with Gasteiger partial charge in [-0.15, -0.1) is 11.3 Å². The molecule has 1 amide bonds. The fourth-order valence-corrected chi connectivity index (χ4v) is 2.43. The van der Waals surface area contributed by atoms with Gasteiger partial charge in [0.1, 0.15) is 0 Å². The highest BCUT2D eigenvalue weighted by Gasteiger charge is 2.08. The highest BCUT2D eigenvalue weighted by atomic mass is 32.1. The lowest BCUT2D eigenvalue weighted by atomic mass is 10.4. The molecule has 2 heterocycles. The van der Waals surface area contributed by atoms with Gasteiger partial charge in [0.25, 0.3) is 5.91 Å². The molecule has 92 valence electrons. The summed E-state index contributed by atoms with van der Waals surface area (Å²) in [4.78, 5) is 22.6. The average Bonchev–Trinajstić information content (AvgIpc) is 3.00. The lowest BCUT2D eigenvalue weighted by Crippen LogP contribution is -2.15. The largest absolute Gasteiger partial charge is 0.324 e. The number of hydrogen-bond donors (Lipinski definition) is 1. The van der Waals surface area contributed by atoms with Crippen molar-refractivity contribution < 1.29 is 9.72 Å². The monoisotopic (exact) mass is 281 g/mol. The summed E-state index contributed by atoms with van der Waals surface area (Å²) in [5, 5.41) is 16.0. The maximum absolute atomic E-state index is 11.5. The quantitative estimate of drug-likeness (QED) is 0.530. The Bertz CT molecular complexity index is 589. The van der Waals surface area contributed by atoms with Crippen molar-refractivity contribution >= 4 is 39.8 Å². The summed E-state index contributed by atoms with van der Waals surface area (Å²) in [5.41, 5.74) is 2.35. The van der Waals surface area contributed by atoms with Gasteiger partial charge >= 0.3 is 5.00 Å². The maximum Gasteiger partial charge on any atom is 0.324 e. The van der Waals surface area contributed by atoms with Crippen LogP contribution in [0, 0.1) is 10.1 Å². The molecule has 0 aliphatic rings. The van der Waals surface area contributed by atoms with Gasteiger partial charge in [0, 0.05) is 6.07 Å². The number of amides is 1. The molecule has 0 radical (unpaired) electrons. The molecule has 0 saturated carbocycles. The fourth-order valence-electron chi connectivity index (χ4n) is 1.13. The first-order chi connectivity index (χ1) is 8.66. The standard InChI is InChI=1S/C10H7N3O3S2/c14-10(8-2-1-5-17-8)12-11-6-7-3-4-9(18-7)13(15)16/h1-6H,(H,12,14). The van der Waals surface area contributed by atoms with E-state index in [4.69, 9.17) is 0 Å². The number of carbonyl (C=O) groups is 1. The van der Waals surface area contributed by atoms with Crippen molar-refractivity contribution in [2.45, 2.75) is 0 Å². The zero-order valence-corrected chi connectivity index (χ0v) is 10.5. The Morgan fingerprint density at radius 3 is 2.89 bits per heavy atom. The first-order valence-corrected chi connectivity index (χ1v) is 6.47. The third-order valence-electron chi connectivity index (χ3n) is 1.90. The van der Waals surface area contributed by atoms with Crippen LogP contribution in [0.25, 0.3) is 0 Å². The van der Waals surface area contributed by atoms with Gasteiger partial charge in [-0.1, -0.05) is 17.4 Å². The van der Waals surface area contributed by atoms with Gasteiger partial charge in [0.2, 0.25) is 0 Å². The predicted octanol–water partition coefficient (Wildman–Crippen LogP) is 2.48. The molecule has 1 N–H and O–H groups in total. The van der Waals surface area contributed by atoms with Crippen molar-refractivity contribution in [1.29, 1.82) is 0 Å². The molecule has 2 aromatic rings. The number of hydrazone groups is 1. The van der Waals surface area contributed by atoms with Crippen LogP contribution in [-0.4, -0.2) is 17.0 Å². The molecule has 0 fully saturated rings. The van der Waals surface area contributed by atoms with Crippen LogP contribution in [0.1, 0.15) is 14.5 Å². The zero-order chi connectivity index (χ0) is 13.0. The van der Waals surface area contributed by atoms with Crippen LogP contribution in [0.2, 0.25) is 0 Å². The van der Waals surface area contributed by atoms with Crippen LogP contribution in [0.5, 0.6) is 0 Å². The third-order valence-corrected chi connectivity index (χ3v) is 3.74. The lowest BCUT2D eigenvalue weighted by Gasteiger charge is -1.93. The van der Waals surface area contributed by atoms with Crippen LogP contribution in [-0.2, 0) is 0 Å². The molecule has 0 atom stereocenters. The number of nitrogens with zero attached hydrogens (tertiary/aromatic N) is 2. The Morgan fingerprint density at radius 1 is 1.44 bits per heavy atom. The van der Waals surface area contributed by atoms with E-state index in [9.17, 15) is 14.9 Å². The minimum absolute atomic E-state index is 0.0426. The highest BCUT2D eigenvalue weighted by molar-refractivity contribution is 7.16. The zero-order valence-electron chi connectivity index (χ0n) is 8.90. The van der Waals surface area contributed by atoms with E-state index in [1.165, 1.54) is 23.6 Å². The highest BCUT2D eigenvalue weighted by Crippen LogP contribution is 2.22. The van der Waals surface area contributed by atoms with Crippen molar-refractivity contribution in [2.24, 2.45) is 5.10 Å². The summed E-state index contributed by atoms with van der Waals surface area (Å²) < 4.78 is 0. The van der Waals surface area contributed by atoms with Gasteiger partial charge in [-0.05, 0) is 17.5 Å². The van der Waals surface area contributed by atoms with Crippen LogP contribution < -0.4 is 5.43 Å². The molecule has 0 aliphatic carbocycles. The molecule has 0 spiro atoms. The van der Waals surface area contributed by atoms with Crippen molar-refractivity contribution in [3.8, 4) is 0 Å². The van der Waals surface area contributed by atoms with E-state index in [1.807, 2.05) is 0 Å². The van der Waals surface area contributed by atoms with Crippen LogP contribution >= 0.6 is 22.7 Å². The van der Waals surface area contributed by atoms with Gasteiger partial charge in [-0.2, -0.15) is 5.10 Å². The molecule has 0 unspecified atom stereocenters. The Hall–Kier alpha value is -2.06. The summed E-state index contributed by atoms with van der Waals surface area (Å²) in [6.45, 7) is 0. The summed E-state index contributed by atoms with van der Waals surface area (Å²) >= 11 is 2.31. The lowest BCUT2D eigenvalue weighted by molar-refractivity contribution is -0.380. The predicted molar refractivity (Wildman–Crippen MR) is 70.4 cm³/mol. The van der Waals surface area contributed by atoms with E-state index >= 15 is 0 Å². The molecule has 2 rings (SSSR count). The molecule has 18 heavy (non-hydrogen) atoms. The van der Waals surface area contributed by atoms with E-state index in [-0.39, 0.29) is 10.9 Å². The first kappa shape index (κ1) is 12.4. The topological polar surface area (TPSA) is 84.6 Å². The van der Waals surface area contributed by atoms with Gasteiger partial charge in [0.05, 0.1) is 20.9 Å². The summed E-state index contributed by atoms with van der Waals surface area (Å²) in [5.74, 6) is -0.299. The minimum Gasteiger partial charge on any atom is -0.266 e. The second-order valence-electron chi connectivity index (χ2n) is 3.11. The summed E-state index contributed by atoms with van der Waals surface area (Å²) in [7, 11) is 0. The van der Waals surface area contributed by atoms with E-state index in [1.54, 1.807) is 23.6 Å². The van der Waals surface area contributed by atoms with Crippen LogP contribution in [0.15, 0.2) is 34.7 Å². The molecule has 2 aromatic heterocycles. The molecule has 0 saturated heterocycles. The summed E-state index contributed by atoms with van der Waals surface area (Å²) in [6, 6.07) is 6.42. The second kappa shape index (κ2) is 5.52. The van der Waals surface area contributed by atoms with Gasteiger partial charge in [0.15, 0.2) is 0 Å². The van der Waals surface area contributed by atoms with Crippen LogP contribution in [0.3, 0.4) is 0 Å². The molecule has 0 bridgehead atoms. The van der Waals surface area contributed by atoms with E-state index < -0.39 is 4.92 Å². The van der Waals surface area contributed by atoms with Crippen molar-refractivity contribution in [3.05, 3.63) is 49.5 Å². The molecular weight excluding hydrogens is 274 g/mol. The number of nitro groups is 1. The second-order valence-corrected chi connectivity index (χ2v) is 5.15. The Morgan fingerprint density at radius 2 is 2.28 bits per heavy atom. The third kappa shape index (κ3) is 2.99. The Labute approximate surface area is 110 Å². The fraction of sp³-hybridized carbons (Fsp3) is 0. The molecule has 6 nitrogen and oxygen atoms in total. The number of nitrogens with one attached hydrogen (secondary N) is 1. The van der Waals surface area contributed by atoms with Crippen molar-refractivity contribution in [1.82, 2.24) is 5.43 Å². The van der Waals surface area contributed by atoms with E-state index in [0.717, 1.165) is 11.3 Å². The maximum atomic E-state index is 11.5. The minimum atomic E-state index is -0.466. The number of carbonyl (C=O) groups excluding carboxylic acids is 1. The van der Waals surface area contributed by atoms with Crippen LogP contribution in [0.4, 0.5) is 5.00 Å². The Kier molecular flexibility index (Phi) is 3.80.